The Bertz CT molecular complexity index is 402. The first kappa shape index (κ1) is 13.9. The molecule has 0 bridgehead atoms. The van der Waals surface area contributed by atoms with E-state index < -0.39 is 5.82 Å². The van der Waals surface area contributed by atoms with Crippen molar-refractivity contribution in [3.63, 3.8) is 0 Å². The van der Waals surface area contributed by atoms with Crippen LogP contribution in [0.1, 0.15) is 19.3 Å². The zero-order valence-corrected chi connectivity index (χ0v) is 11.9. The lowest BCUT2D eigenvalue weighted by molar-refractivity contribution is 0.348. The van der Waals surface area contributed by atoms with E-state index in [0.29, 0.717) is 6.04 Å². The third-order valence-corrected chi connectivity index (χ3v) is 3.86. The summed E-state index contributed by atoms with van der Waals surface area (Å²) in [5, 5.41) is 3.52. The molecule has 1 aliphatic rings. The number of benzene rings is 1. The van der Waals surface area contributed by atoms with E-state index in [1.54, 1.807) is 12.1 Å². The van der Waals surface area contributed by atoms with Gasteiger partial charge in [-0.2, -0.15) is 0 Å². The molecule has 18 heavy (non-hydrogen) atoms. The van der Waals surface area contributed by atoms with Gasteiger partial charge in [-0.3, -0.25) is 0 Å². The molecule has 1 saturated heterocycles. The lowest BCUT2D eigenvalue weighted by Gasteiger charge is -2.18. The van der Waals surface area contributed by atoms with Crippen molar-refractivity contribution in [2.45, 2.75) is 25.3 Å². The van der Waals surface area contributed by atoms with Crippen molar-refractivity contribution in [1.82, 2.24) is 4.90 Å². The number of anilines is 1. The van der Waals surface area contributed by atoms with Crippen molar-refractivity contribution in [3.8, 4) is 0 Å². The van der Waals surface area contributed by atoms with Gasteiger partial charge in [-0.25, -0.2) is 4.39 Å². The van der Waals surface area contributed by atoms with Gasteiger partial charge in [0.2, 0.25) is 0 Å². The van der Waals surface area contributed by atoms with Crippen molar-refractivity contribution >= 4 is 28.9 Å². The molecule has 2 rings (SSSR count). The molecular formula is C13H17Cl2FN2. The van der Waals surface area contributed by atoms with Gasteiger partial charge in [0.25, 0.3) is 0 Å². The molecular weight excluding hydrogens is 274 g/mol. The van der Waals surface area contributed by atoms with Crippen LogP contribution in [0.25, 0.3) is 0 Å². The van der Waals surface area contributed by atoms with Gasteiger partial charge in [-0.1, -0.05) is 23.2 Å². The van der Waals surface area contributed by atoms with Crippen LogP contribution in [0, 0.1) is 5.82 Å². The van der Waals surface area contributed by atoms with Gasteiger partial charge >= 0.3 is 0 Å². The smallest absolute Gasteiger partial charge is 0.160 e. The second-order valence-electron chi connectivity index (χ2n) is 4.83. The van der Waals surface area contributed by atoms with E-state index in [4.69, 9.17) is 23.2 Å². The van der Waals surface area contributed by atoms with Crippen LogP contribution < -0.4 is 5.32 Å². The highest BCUT2D eigenvalue weighted by atomic mass is 35.5. The normalized spacial score (nSPS) is 21.7. The molecule has 1 N–H and O–H groups in total. The number of likely N-dealkylation sites (tertiary alicyclic amines) is 1. The van der Waals surface area contributed by atoms with Crippen LogP contribution >= 0.6 is 23.2 Å². The van der Waals surface area contributed by atoms with Crippen LogP contribution in [0.4, 0.5) is 10.1 Å². The predicted molar refractivity (Wildman–Crippen MR) is 75.2 cm³/mol. The fraction of sp³-hybridized carbons (Fsp3) is 0.538. The third kappa shape index (κ3) is 3.50. The summed E-state index contributed by atoms with van der Waals surface area (Å²) in [6.45, 7) is 2.20. The summed E-state index contributed by atoms with van der Waals surface area (Å²) in [5.74, 6) is -0.551. The van der Waals surface area contributed by atoms with Crippen LogP contribution in [0.15, 0.2) is 12.1 Å². The van der Waals surface area contributed by atoms with Crippen molar-refractivity contribution in [3.05, 3.63) is 28.0 Å². The Balaban J connectivity index is 2.05. The van der Waals surface area contributed by atoms with Gasteiger partial charge in [0.15, 0.2) is 5.82 Å². The molecule has 0 spiro atoms. The van der Waals surface area contributed by atoms with Gasteiger partial charge in [0.1, 0.15) is 0 Å². The minimum Gasteiger partial charge on any atom is -0.382 e. The topological polar surface area (TPSA) is 15.3 Å². The fourth-order valence-corrected chi connectivity index (χ4v) is 2.75. The Kier molecular flexibility index (Phi) is 4.71. The summed E-state index contributed by atoms with van der Waals surface area (Å²) in [7, 11) is 2.13. The molecule has 1 aromatic carbocycles. The summed E-state index contributed by atoms with van der Waals surface area (Å²) < 4.78 is 13.3. The van der Waals surface area contributed by atoms with Crippen molar-refractivity contribution in [1.29, 1.82) is 0 Å². The Morgan fingerprint density at radius 3 is 2.56 bits per heavy atom. The number of hydrogen-bond acceptors (Lipinski definition) is 2. The second-order valence-corrected chi connectivity index (χ2v) is 5.64. The van der Waals surface area contributed by atoms with Gasteiger partial charge < -0.3 is 10.2 Å². The molecule has 0 aromatic heterocycles. The molecule has 1 aromatic rings. The van der Waals surface area contributed by atoms with E-state index in [1.165, 1.54) is 0 Å². The lowest BCUT2D eigenvalue weighted by atomic mass is 10.1. The average Bonchev–Trinajstić information content (AvgIpc) is 2.51. The quantitative estimate of drug-likeness (QED) is 0.828. The molecule has 1 unspecified atom stereocenters. The summed E-state index contributed by atoms with van der Waals surface area (Å²) in [6, 6.07) is 3.59. The minimum absolute atomic E-state index is 0.0655. The van der Waals surface area contributed by atoms with Crippen LogP contribution in [-0.2, 0) is 0 Å². The van der Waals surface area contributed by atoms with Gasteiger partial charge in [0.05, 0.1) is 10.0 Å². The monoisotopic (exact) mass is 290 g/mol. The first-order valence-corrected chi connectivity index (χ1v) is 6.91. The molecule has 1 fully saturated rings. The minimum atomic E-state index is -0.551. The standard InChI is InChI=1S/C13H17Cl2FN2/c1-18-5-2-3-9(4-6-18)17-10-7-11(14)13(16)12(15)8-10/h7-9,17H,2-6H2,1H3. The highest BCUT2D eigenvalue weighted by molar-refractivity contribution is 6.35. The molecule has 2 nitrogen and oxygen atoms in total. The van der Waals surface area contributed by atoms with E-state index in [-0.39, 0.29) is 10.0 Å². The van der Waals surface area contributed by atoms with Crippen LogP contribution in [0.3, 0.4) is 0 Å². The highest BCUT2D eigenvalue weighted by Gasteiger charge is 2.15. The number of halogens is 3. The van der Waals surface area contributed by atoms with Crippen LogP contribution in [0.5, 0.6) is 0 Å². The Morgan fingerprint density at radius 2 is 1.89 bits per heavy atom. The van der Waals surface area contributed by atoms with E-state index in [0.717, 1.165) is 38.0 Å². The first-order valence-electron chi connectivity index (χ1n) is 6.16. The third-order valence-electron chi connectivity index (χ3n) is 3.31. The number of nitrogens with zero attached hydrogens (tertiary/aromatic N) is 1. The first-order chi connectivity index (χ1) is 8.56. The fourth-order valence-electron chi connectivity index (χ4n) is 2.26. The molecule has 5 heteroatoms. The molecule has 0 amide bonds. The molecule has 1 heterocycles. The van der Waals surface area contributed by atoms with Crippen molar-refractivity contribution in [2.24, 2.45) is 0 Å². The van der Waals surface area contributed by atoms with E-state index in [2.05, 4.69) is 17.3 Å². The van der Waals surface area contributed by atoms with Gasteiger partial charge in [-0.15, -0.1) is 0 Å². The summed E-state index contributed by atoms with van der Waals surface area (Å²) in [5.41, 5.74) is 0.793. The summed E-state index contributed by atoms with van der Waals surface area (Å²) >= 11 is 11.6. The molecule has 0 aliphatic carbocycles. The number of hydrogen-bond donors (Lipinski definition) is 1. The molecule has 100 valence electrons. The molecule has 1 aliphatic heterocycles. The van der Waals surface area contributed by atoms with Crippen molar-refractivity contribution < 1.29 is 4.39 Å². The zero-order valence-electron chi connectivity index (χ0n) is 10.3. The van der Waals surface area contributed by atoms with Crippen molar-refractivity contribution in [2.75, 3.05) is 25.5 Å². The van der Waals surface area contributed by atoms with Crippen LogP contribution in [0.2, 0.25) is 10.0 Å². The van der Waals surface area contributed by atoms with E-state index in [1.807, 2.05) is 0 Å². The maximum Gasteiger partial charge on any atom is 0.160 e. The highest BCUT2D eigenvalue weighted by Crippen LogP contribution is 2.28. The Morgan fingerprint density at radius 1 is 1.22 bits per heavy atom. The largest absolute Gasteiger partial charge is 0.382 e. The van der Waals surface area contributed by atoms with E-state index in [9.17, 15) is 4.39 Å². The Labute approximate surface area is 117 Å². The summed E-state index contributed by atoms with van der Waals surface area (Å²) in [6.07, 6.45) is 3.34. The predicted octanol–water partition coefficient (Wildman–Crippen LogP) is 4.03. The zero-order chi connectivity index (χ0) is 13.1. The van der Waals surface area contributed by atoms with Gasteiger partial charge in [0, 0.05) is 11.7 Å². The van der Waals surface area contributed by atoms with E-state index >= 15 is 0 Å². The SMILES string of the molecule is CN1CCCC(Nc2cc(Cl)c(F)c(Cl)c2)CC1. The van der Waals surface area contributed by atoms with Crippen LogP contribution in [-0.4, -0.2) is 31.1 Å². The lowest BCUT2D eigenvalue weighted by Crippen LogP contribution is -2.23. The summed E-state index contributed by atoms with van der Waals surface area (Å²) in [4.78, 5) is 2.33. The maximum absolute atomic E-state index is 13.3. The molecule has 1 atom stereocenters. The Hall–Kier alpha value is -0.510. The maximum atomic E-state index is 13.3. The number of nitrogens with one attached hydrogen (secondary N) is 1. The average molecular weight is 291 g/mol. The molecule has 0 saturated carbocycles. The molecule has 0 radical (unpaired) electrons. The van der Waals surface area contributed by atoms with Gasteiger partial charge in [-0.05, 0) is 51.5 Å². The second kappa shape index (κ2) is 6.09. The number of rotatable bonds is 2.